The maximum Gasteiger partial charge on any atom is 0.330 e. The number of benzene rings is 2. The maximum absolute atomic E-state index is 12.8. The van der Waals surface area contributed by atoms with Crippen LogP contribution in [0.5, 0.6) is 5.75 Å². The van der Waals surface area contributed by atoms with Crippen LogP contribution in [0.2, 0.25) is 0 Å². The lowest BCUT2D eigenvalue weighted by Gasteiger charge is -2.34. The van der Waals surface area contributed by atoms with E-state index in [0.29, 0.717) is 31.1 Å². The zero-order valence-electron chi connectivity index (χ0n) is 17.6. The third-order valence-electron chi connectivity index (χ3n) is 5.43. The van der Waals surface area contributed by atoms with Crippen LogP contribution >= 0.6 is 0 Å². The van der Waals surface area contributed by atoms with Crippen LogP contribution in [0.1, 0.15) is 5.69 Å². The van der Waals surface area contributed by atoms with Crippen LogP contribution in [0.15, 0.2) is 65.6 Å². The Bertz CT molecular complexity index is 1070. The van der Waals surface area contributed by atoms with Crippen molar-refractivity contribution in [1.29, 1.82) is 0 Å². The number of aromatic amines is 1. The first kappa shape index (κ1) is 20.7. The Morgan fingerprint density at radius 1 is 1.03 bits per heavy atom. The van der Waals surface area contributed by atoms with Gasteiger partial charge in [0.2, 0.25) is 0 Å². The molecule has 162 valence electrons. The van der Waals surface area contributed by atoms with E-state index in [1.807, 2.05) is 61.5 Å². The van der Waals surface area contributed by atoms with Gasteiger partial charge in [0.1, 0.15) is 12.4 Å². The van der Waals surface area contributed by atoms with E-state index in [0.717, 1.165) is 31.1 Å². The summed E-state index contributed by atoms with van der Waals surface area (Å²) in [4.78, 5) is 31.8. The number of amides is 2. The summed E-state index contributed by atoms with van der Waals surface area (Å²) in [5, 5.41) is 2.97. The van der Waals surface area contributed by atoms with E-state index < -0.39 is 0 Å². The summed E-state index contributed by atoms with van der Waals surface area (Å²) in [5.74, 6) is 0.871. The molecule has 0 saturated carbocycles. The third-order valence-corrected chi connectivity index (χ3v) is 5.43. The van der Waals surface area contributed by atoms with Crippen molar-refractivity contribution >= 4 is 11.7 Å². The summed E-state index contributed by atoms with van der Waals surface area (Å²) in [7, 11) is 0. The lowest BCUT2D eigenvalue weighted by molar-refractivity contribution is 0.132. The van der Waals surface area contributed by atoms with Gasteiger partial charge < -0.3 is 19.9 Å². The smallest absolute Gasteiger partial charge is 0.330 e. The number of aromatic nitrogens is 2. The highest BCUT2D eigenvalue weighted by Gasteiger charge is 2.22. The minimum absolute atomic E-state index is 0.158. The van der Waals surface area contributed by atoms with E-state index in [4.69, 9.17) is 4.74 Å². The topological polar surface area (TPSA) is 82.6 Å². The average molecular weight is 422 g/mol. The second kappa shape index (κ2) is 9.53. The summed E-state index contributed by atoms with van der Waals surface area (Å²) in [5.41, 5.74) is 1.80. The lowest BCUT2D eigenvalue weighted by Crippen LogP contribution is -2.50. The summed E-state index contributed by atoms with van der Waals surface area (Å²) < 4.78 is 7.32. The second-order valence-electron chi connectivity index (χ2n) is 7.51. The van der Waals surface area contributed by atoms with E-state index in [2.05, 4.69) is 15.2 Å². The normalized spacial score (nSPS) is 14.4. The van der Waals surface area contributed by atoms with Crippen molar-refractivity contribution in [2.45, 2.75) is 6.92 Å². The number of aryl methyl sites for hydroxylation is 1. The van der Waals surface area contributed by atoms with Crippen molar-refractivity contribution in [2.24, 2.45) is 0 Å². The summed E-state index contributed by atoms with van der Waals surface area (Å²) in [6, 6.07) is 16.9. The number of hydrogen-bond donors (Lipinski definition) is 2. The van der Waals surface area contributed by atoms with Gasteiger partial charge in [0.25, 0.3) is 0 Å². The molecule has 0 radical (unpaired) electrons. The van der Waals surface area contributed by atoms with Gasteiger partial charge in [0.15, 0.2) is 0 Å². The molecular formula is C23H27N5O3. The predicted molar refractivity (Wildman–Crippen MR) is 120 cm³/mol. The van der Waals surface area contributed by atoms with E-state index in [-0.39, 0.29) is 11.7 Å². The molecule has 1 aliphatic heterocycles. The number of anilines is 1. The number of imidazole rings is 1. The predicted octanol–water partition coefficient (Wildman–Crippen LogP) is 2.70. The number of nitrogens with one attached hydrogen (secondary N) is 2. The van der Waals surface area contributed by atoms with Gasteiger partial charge in [-0.1, -0.05) is 30.3 Å². The first-order chi connectivity index (χ1) is 15.1. The van der Waals surface area contributed by atoms with Crippen LogP contribution < -0.4 is 15.7 Å². The minimum Gasteiger partial charge on any atom is -0.492 e. The fraction of sp³-hybridized carbons (Fsp3) is 0.304. The minimum atomic E-state index is -0.231. The van der Waals surface area contributed by atoms with Crippen molar-refractivity contribution in [3.8, 4) is 11.4 Å². The molecule has 0 unspecified atom stereocenters. The first-order valence-electron chi connectivity index (χ1n) is 10.4. The molecule has 31 heavy (non-hydrogen) atoms. The molecule has 1 aromatic heterocycles. The Morgan fingerprint density at radius 2 is 1.74 bits per heavy atom. The Hall–Kier alpha value is -3.52. The number of carbonyl (C=O) groups excluding carboxylic acids is 1. The Kier molecular flexibility index (Phi) is 6.37. The van der Waals surface area contributed by atoms with Crippen LogP contribution in [0.25, 0.3) is 5.69 Å². The lowest BCUT2D eigenvalue weighted by atomic mass is 10.2. The van der Waals surface area contributed by atoms with Crippen molar-refractivity contribution in [1.82, 2.24) is 19.4 Å². The third kappa shape index (κ3) is 4.97. The molecule has 4 rings (SSSR count). The Morgan fingerprint density at radius 3 is 2.45 bits per heavy atom. The van der Waals surface area contributed by atoms with Gasteiger partial charge >= 0.3 is 11.7 Å². The number of hydrogen-bond acceptors (Lipinski definition) is 4. The number of carbonyl (C=O) groups is 1. The van der Waals surface area contributed by atoms with Crippen LogP contribution in [0.3, 0.4) is 0 Å². The maximum atomic E-state index is 12.8. The molecule has 3 aromatic rings. The van der Waals surface area contributed by atoms with Gasteiger partial charge in [-0.25, -0.2) is 9.59 Å². The second-order valence-corrected chi connectivity index (χ2v) is 7.51. The standard InChI is InChI=1S/C23H27N5O3/c1-18-17-24-22(29)28(18)21-10-6-5-9-20(21)25-23(30)27-13-11-26(12-14-27)15-16-31-19-7-3-2-4-8-19/h2-10,17H,11-16H2,1H3,(H,24,29)(H,25,30). The van der Waals surface area contributed by atoms with Crippen molar-refractivity contribution < 1.29 is 9.53 Å². The monoisotopic (exact) mass is 421 g/mol. The highest BCUT2D eigenvalue weighted by atomic mass is 16.5. The van der Waals surface area contributed by atoms with Gasteiger partial charge in [-0.3, -0.25) is 9.47 Å². The van der Waals surface area contributed by atoms with Gasteiger partial charge in [0.05, 0.1) is 11.4 Å². The molecule has 1 aliphatic rings. The number of urea groups is 1. The fourth-order valence-corrected chi connectivity index (χ4v) is 3.71. The van der Waals surface area contributed by atoms with Gasteiger partial charge in [0, 0.05) is 44.6 Å². The quantitative estimate of drug-likeness (QED) is 0.641. The van der Waals surface area contributed by atoms with Crippen LogP contribution in [0, 0.1) is 6.92 Å². The van der Waals surface area contributed by atoms with E-state index in [9.17, 15) is 9.59 Å². The molecule has 8 heteroatoms. The number of H-pyrrole nitrogens is 1. The molecule has 2 aromatic carbocycles. The molecule has 0 aliphatic carbocycles. The Labute approximate surface area is 181 Å². The van der Waals surface area contributed by atoms with Gasteiger partial charge in [-0.05, 0) is 31.2 Å². The summed E-state index contributed by atoms with van der Waals surface area (Å²) in [6.45, 7) is 6.16. The van der Waals surface area contributed by atoms with Crippen LogP contribution in [-0.4, -0.2) is 64.7 Å². The van der Waals surface area contributed by atoms with E-state index in [1.165, 1.54) is 0 Å². The highest BCUT2D eigenvalue weighted by molar-refractivity contribution is 5.91. The van der Waals surface area contributed by atoms with Crippen molar-refractivity contribution in [2.75, 3.05) is 44.6 Å². The number of para-hydroxylation sites is 3. The number of rotatable bonds is 6. The molecular weight excluding hydrogens is 394 g/mol. The molecule has 0 spiro atoms. The molecule has 8 nitrogen and oxygen atoms in total. The number of nitrogens with zero attached hydrogens (tertiary/aromatic N) is 3. The highest BCUT2D eigenvalue weighted by Crippen LogP contribution is 2.20. The van der Waals surface area contributed by atoms with Crippen LogP contribution in [-0.2, 0) is 0 Å². The summed E-state index contributed by atoms with van der Waals surface area (Å²) >= 11 is 0. The molecule has 1 saturated heterocycles. The molecule has 1 fully saturated rings. The zero-order valence-corrected chi connectivity index (χ0v) is 17.6. The molecule has 0 atom stereocenters. The molecule has 0 bridgehead atoms. The first-order valence-corrected chi connectivity index (χ1v) is 10.4. The SMILES string of the molecule is Cc1c[nH]c(=O)n1-c1ccccc1NC(=O)N1CCN(CCOc2ccccc2)CC1. The average Bonchev–Trinajstić information content (AvgIpc) is 3.13. The Balaban J connectivity index is 1.31. The van der Waals surface area contributed by atoms with Crippen molar-refractivity contribution in [3.05, 3.63) is 77.0 Å². The summed E-state index contributed by atoms with van der Waals surface area (Å²) in [6.07, 6.45) is 1.65. The van der Waals surface area contributed by atoms with Crippen molar-refractivity contribution in [3.63, 3.8) is 0 Å². The molecule has 2 amide bonds. The molecule has 2 N–H and O–H groups in total. The van der Waals surface area contributed by atoms with Crippen LogP contribution in [0.4, 0.5) is 10.5 Å². The van der Waals surface area contributed by atoms with Gasteiger partial charge in [-0.15, -0.1) is 0 Å². The molecule has 2 heterocycles. The zero-order chi connectivity index (χ0) is 21.6. The largest absolute Gasteiger partial charge is 0.492 e. The number of piperazine rings is 1. The van der Waals surface area contributed by atoms with E-state index in [1.54, 1.807) is 15.7 Å². The van der Waals surface area contributed by atoms with E-state index >= 15 is 0 Å². The fourth-order valence-electron chi connectivity index (χ4n) is 3.71. The number of ether oxygens (including phenoxy) is 1. The van der Waals surface area contributed by atoms with Gasteiger partial charge in [-0.2, -0.15) is 0 Å².